The van der Waals surface area contributed by atoms with Crippen LogP contribution in [0.25, 0.3) is 0 Å². The van der Waals surface area contributed by atoms with Gasteiger partial charge in [0, 0.05) is 36.7 Å². The highest BCUT2D eigenvalue weighted by Gasteiger charge is 2.49. The molecule has 0 radical (unpaired) electrons. The molecule has 4 nitrogen and oxygen atoms in total. The first-order valence-electron chi connectivity index (χ1n) is 7.77. The zero-order valence-corrected chi connectivity index (χ0v) is 13.0. The molecule has 0 spiro atoms. The minimum absolute atomic E-state index is 0.00392. The van der Waals surface area contributed by atoms with Gasteiger partial charge in [0.05, 0.1) is 6.10 Å². The van der Waals surface area contributed by atoms with Crippen molar-refractivity contribution in [1.82, 2.24) is 10.6 Å². The second kappa shape index (κ2) is 5.43. The lowest BCUT2D eigenvalue weighted by molar-refractivity contribution is -0.111. The van der Waals surface area contributed by atoms with Gasteiger partial charge in [-0.1, -0.05) is 19.9 Å². The van der Waals surface area contributed by atoms with Gasteiger partial charge in [0.1, 0.15) is 0 Å². The van der Waals surface area contributed by atoms with Crippen molar-refractivity contribution in [2.45, 2.75) is 52.4 Å². The third kappa shape index (κ3) is 2.58. The Hall–Kier alpha value is -1.39. The van der Waals surface area contributed by atoms with Gasteiger partial charge in [0.25, 0.3) is 5.91 Å². The van der Waals surface area contributed by atoms with Crippen LogP contribution < -0.4 is 10.6 Å². The lowest BCUT2D eigenvalue weighted by Gasteiger charge is -2.51. The number of amides is 1. The molecule has 2 unspecified atom stereocenters. The fourth-order valence-corrected chi connectivity index (χ4v) is 3.29. The third-order valence-electron chi connectivity index (χ3n) is 4.95. The number of rotatable bonds is 4. The van der Waals surface area contributed by atoms with Gasteiger partial charge in [-0.25, -0.2) is 0 Å². The predicted molar refractivity (Wildman–Crippen MR) is 82.1 cm³/mol. The Morgan fingerprint density at radius 3 is 2.86 bits per heavy atom. The van der Waals surface area contributed by atoms with Crippen LogP contribution >= 0.6 is 0 Å². The fourth-order valence-electron chi connectivity index (χ4n) is 3.29. The molecule has 1 saturated carbocycles. The molecule has 0 aromatic heterocycles. The lowest BCUT2D eigenvalue weighted by Crippen LogP contribution is -2.62. The maximum absolute atomic E-state index is 12.4. The summed E-state index contributed by atoms with van der Waals surface area (Å²) in [6.07, 6.45) is 1.15. The fraction of sp³-hybridized carbons (Fsp3) is 0.588. The van der Waals surface area contributed by atoms with E-state index >= 15 is 0 Å². The van der Waals surface area contributed by atoms with Crippen LogP contribution in [0, 0.1) is 5.41 Å². The number of hydrogen-bond donors (Lipinski definition) is 2. The smallest absolute Gasteiger partial charge is 0.251 e. The SMILES string of the molecule is CCOC1CC(NC(=O)c2ccc3c(c2)CNC3)C1(C)C. The average Bonchev–Trinajstić information content (AvgIpc) is 2.93. The zero-order valence-electron chi connectivity index (χ0n) is 13.0. The molecule has 1 aliphatic carbocycles. The first kappa shape index (κ1) is 14.5. The molecular weight excluding hydrogens is 264 g/mol. The Kier molecular flexibility index (Phi) is 3.76. The molecule has 1 aliphatic heterocycles. The molecule has 1 aromatic carbocycles. The number of benzene rings is 1. The summed E-state index contributed by atoms with van der Waals surface area (Å²) in [5, 5.41) is 6.46. The van der Waals surface area contributed by atoms with Gasteiger partial charge in [0.2, 0.25) is 0 Å². The van der Waals surface area contributed by atoms with Crippen molar-refractivity contribution < 1.29 is 9.53 Å². The van der Waals surface area contributed by atoms with Crippen molar-refractivity contribution >= 4 is 5.91 Å². The Bertz CT molecular complexity index is 554. The van der Waals surface area contributed by atoms with Crippen molar-refractivity contribution in [3.63, 3.8) is 0 Å². The van der Waals surface area contributed by atoms with Crippen molar-refractivity contribution in [2.75, 3.05) is 6.61 Å². The normalized spacial score (nSPS) is 26.0. The number of fused-ring (bicyclic) bond motifs is 1. The van der Waals surface area contributed by atoms with E-state index in [1.54, 1.807) is 0 Å². The van der Waals surface area contributed by atoms with Gasteiger partial charge < -0.3 is 15.4 Å². The van der Waals surface area contributed by atoms with Gasteiger partial charge in [-0.3, -0.25) is 4.79 Å². The predicted octanol–water partition coefficient (Wildman–Crippen LogP) is 2.22. The Balaban J connectivity index is 1.65. The Morgan fingerprint density at radius 1 is 1.38 bits per heavy atom. The van der Waals surface area contributed by atoms with E-state index in [0.717, 1.165) is 31.7 Å². The van der Waals surface area contributed by atoms with E-state index in [4.69, 9.17) is 4.74 Å². The molecule has 1 fully saturated rings. The van der Waals surface area contributed by atoms with Crippen LogP contribution in [0.2, 0.25) is 0 Å². The molecule has 2 atom stereocenters. The van der Waals surface area contributed by atoms with Crippen molar-refractivity contribution in [3.8, 4) is 0 Å². The highest BCUT2D eigenvalue weighted by atomic mass is 16.5. The van der Waals surface area contributed by atoms with Crippen LogP contribution in [-0.4, -0.2) is 24.7 Å². The average molecular weight is 288 g/mol. The van der Waals surface area contributed by atoms with Gasteiger partial charge >= 0.3 is 0 Å². The summed E-state index contributed by atoms with van der Waals surface area (Å²) in [5.41, 5.74) is 3.30. The molecule has 3 rings (SSSR count). The van der Waals surface area contributed by atoms with E-state index < -0.39 is 0 Å². The van der Waals surface area contributed by atoms with Crippen molar-refractivity contribution in [2.24, 2.45) is 5.41 Å². The van der Waals surface area contributed by atoms with Crippen LogP contribution in [0.1, 0.15) is 48.7 Å². The van der Waals surface area contributed by atoms with E-state index in [-0.39, 0.29) is 23.5 Å². The van der Waals surface area contributed by atoms with Crippen LogP contribution in [0.4, 0.5) is 0 Å². The summed E-state index contributed by atoms with van der Waals surface area (Å²) in [5.74, 6) is 0.0257. The van der Waals surface area contributed by atoms with E-state index in [2.05, 4.69) is 30.5 Å². The van der Waals surface area contributed by atoms with Crippen LogP contribution in [0.5, 0.6) is 0 Å². The number of hydrogen-bond acceptors (Lipinski definition) is 3. The molecule has 21 heavy (non-hydrogen) atoms. The summed E-state index contributed by atoms with van der Waals surface area (Å²) in [6, 6.07) is 6.18. The first-order valence-corrected chi connectivity index (χ1v) is 7.77. The number of carbonyl (C=O) groups excluding carboxylic acids is 1. The Labute approximate surface area is 126 Å². The highest BCUT2D eigenvalue weighted by Crippen LogP contribution is 2.42. The monoisotopic (exact) mass is 288 g/mol. The van der Waals surface area contributed by atoms with E-state index in [9.17, 15) is 4.79 Å². The van der Waals surface area contributed by atoms with Gasteiger partial charge in [-0.15, -0.1) is 0 Å². The maximum atomic E-state index is 12.4. The van der Waals surface area contributed by atoms with Crippen LogP contribution in [0.15, 0.2) is 18.2 Å². The minimum Gasteiger partial charge on any atom is -0.378 e. The topological polar surface area (TPSA) is 50.4 Å². The maximum Gasteiger partial charge on any atom is 0.251 e. The minimum atomic E-state index is 0.00392. The summed E-state index contributed by atoms with van der Waals surface area (Å²) < 4.78 is 5.71. The zero-order chi connectivity index (χ0) is 15.0. The lowest BCUT2D eigenvalue weighted by atomic mass is 9.64. The molecule has 4 heteroatoms. The van der Waals surface area contributed by atoms with Crippen molar-refractivity contribution in [1.29, 1.82) is 0 Å². The number of nitrogens with one attached hydrogen (secondary N) is 2. The van der Waals surface area contributed by atoms with Crippen LogP contribution in [-0.2, 0) is 17.8 Å². The highest BCUT2D eigenvalue weighted by molar-refractivity contribution is 5.94. The second-order valence-corrected chi connectivity index (χ2v) is 6.61. The standard InChI is InChI=1S/C17H24N2O2/c1-4-21-15-8-14(17(15,2)3)19-16(20)11-5-6-12-9-18-10-13(12)7-11/h5-7,14-15,18H,4,8-10H2,1-3H3,(H,19,20). The molecule has 1 amide bonds. The first-order chi connectivity index (χ1) is 10.0. The summed E-state index contributed by atoms with van der Waals surface area (Å²) in [7, 11) is 0. The molecule has 1 aromatic rings. The van der Waals surface area contributed by atoms with Crippen molar-refractivity contribution in [3.05, 3.63) is 34.9 Å². The summed E-state index contributed by atoms with van der Waals surface area (Å²) in [4.78, 5) is 12.4. The van der Waals surface area contributed by atoms with Gasteiger partial charge in [-0.2, -0.15) is 0 Å². The third-order valence-corrected chi connectivity index (χ3v) is 4.95. The number of carbonyl (C=O) groups is 1. The largest absolute Gasteiger partial charge is 0.378 e. The molecule has 1 heterocycles. The summed E-state index contributed by atoms with van der Waals surface area (Å²) in [6.45, 7) is 8.83. The van der Waals surface area contributed by atoms with Gasteiger partial charge in [-0.05, 0) is 36.6 Å². The Morgan fingerprint density at radius 2 is 2.14 bits per heavy atom. The molecule has 2 N–H and O–H groups in total. The van der Waals surface area contributed by atoms with E-state index in [0.29, 0.717) is 0 Å². The van der Waals surface area contributed by atoms with E-state index in [1.165, 1.54) is 11.1 Å². The molecule has 0 bridgehead atoms. The second-order valence-electron chi connectivity index (χ2n) is 6.61. The molecule has 114 valence electrons. The number of ether oxygens (including phenoxy) is 1. The molecular formula is C17H24N2O2. The molecule has 2 aliphatic rings. The molecule has 0 saturated heterocycles. The quantitative estimate of drug-likeness (QED) is 0.893. The van der Waals surface area contributed by atoms with Crippen LogP contribution in [0.3, 0.4) is 0 Å². The summed E-state index contributed by atoms with van der Waals surface area (Å²) >= 11 is 0. The van der Waals surface area contributed by atoms with E-state index in [1.807, 2.05) is 19.1 Å². The van der Waals surface area contributed by atoms with Gasteiger partial charge in [0.15, 0.2) is 0 Å².